The molecule has 3 aromatic rings. The molecular weight excluding hydrogens is 280 g/mol. The highest BCUT2D eigenvalue weighted by molar-refractivity contribution is 7.22. The molecule has 0 fully saturated rings. The molecule has 1 heterocycles. The molecule has 3 rings (SSSR count). The highest BCUT2D eigenvalue weighted by atomic mass is 32.1. The molecule has 21 heavy (non-hydrogen) atoms. The number of para-hydroxylation sites is 1. The summed E-state index contributed by atoms with van der Waals surface area (Å²) in [6.45, 7) is 0. The fourth-order valence-electron chi connectivity index (χ4n) is 1.94. The van der Waals surface area contributed by atoms with Gasteiger partial charge < -0.3 is 4.90 Å². The smallest absolute Gasteiger partial charge is 0.204 e. The molecule has 0 saturated heterocycles. The monoisotopic (exact) mass is 296 g/mol. The quantitative estimate of drug-likeness (QED) is 0.588. The van der Waals surface area contributed by atoms with Crippen LogP contribution in [0.3, 0.4) is 0 Å². The highest BCUT2D eigenvalue weighted by Crippen LogP contribution is 2.25. The second-order valence-electron chi connectivity index (χ2n) is 4.84. The first-order valence-corrected chi connectivity index (χ1v) is 7.46. The van der Waals surface area contributed by atoms with Crippen molar-refractivity contribution in [2.75, 3.05) is 24.4 Å². The molecule has 0 aliphatic rings. The minimum Gasteiger partial charge on any atom is -0.378 e. The third kappa shape index (κ3) is 3.20. The summed E-state index contributed by atoms with van der Waals surface area (Å²) in [7, 11) is 4.05. The number of nitrogens with one attached hydrogen (secondary N) is 1. The SMILES string of the molecule is CN(C)c1ccc(C=NNc2nc3ccccc3s2)cc1. The summed E-state index contributed by atoms with van der Waals surface area (Å²) >= 11 is 1.60. The van der Waals surface area contributed by atoms with Crippen LogP contribution in [0.2, 0.25) is 0 Å². The van der Waals surface area contributed by atoms with Crippen molar-refractivity contribution in [2.45, 2.75) is 0 Å². The molecule has 1 aromatic heterocycles. The van der Waals surface area contributed by atoms with E-state index in [2.05, 4.69) is 38.6 Å². The van der Waals surface area contributed by atoms with Crippen molar-refractivity contribution >= 4 is 38.6 Å². The molecule has 2 aromatic carbocycles. The molecule has 0 unspecified atom stereocenters. The van der Waals surface area contributed by atoms with Gasteiger partial charge in [0.2, 0.25) is 5.13 Å². The van der Waals surface area contributed by atoms with Gasteiger partial charge in [0.05, 0.1) is 16.4 Å². The number of hydrazone groups is 1. The summed E-state index contributed by atoms with van der Waals surface area (Å²) in [4.78, 5) is 6.54. The third-order valence-electron chi connectivity index (χ3n) is 3.08. The van der Waals surface area contributed by atoms with Gasteiger partial charge in [-0.3, -0.25) is 5.43 Å². The van der Waals surface area contributed by atoms with Crippen LogP contribution < -0.4 is 10.3 Å². The Labute approximate surface area is 127 Å². The van der Waals surface area contributed by atoms with Crippen molar-refractivity contribution in [3.63, 3.8) is 0 Å². The molecule has 0 bridgehead atoms. The molecular formula is C16H16N4S. The van der Waals surface area contributed by atoms with Crippen LogP contribution in [0.1, 0.15) is 5.56 Å². The van der Waals surface area contributed by atoms with E-state index in [1.165, 1.54) is 5.69 Å². The first-order valence-electron chi connectivity index (χ1n) is 6.64. The Hall–Kier alpha value is -2.40. The number of hydrogen-bond acceptors (Lipinski definition) is 5. The van der Waals surface area contributed by atoms with Gasteiger partial charge >= 0.3 is 0 Å². The van der Waals surface area contributed by atoms with Gasteiger partial charge in [-0.05, 0) is 29.8 Å². The molecule has 0 aliphatic carbocycles. The lowest BCUT2D eigenvalue weighted by atomic mass is 10.2. The fourth-order valence-corrected chi connectivity index (χ4v) is 2.76. The lowest BCUT2D eigenvalue weighted by Gasteiger charge is -2.11. The Kier molecular flexibility index (Phi) is 3.83. The minimum absolute atomic E-state index is 0.803. The number of rotatable bonds is 4. The zero-order valence-electron chi connectivity index (χ0n) is 11.9. The summed E-state index contributed by atoms with van der Waals surface area (Å²) in [5.74, 6) is 0. The number of benzene rings is 2. The zero-order valence-corrected chi connectivity index (χ0v) is 12.8. The molecule has 0 aliphatic heterocycles. The van der Waals surface area contributed by atoms with Crippen molar-refractivity contribution in [2.24, 2.45) is 5.10 Å². The van der Waals surface area contributed by atoms with Gasteiger partial charge in [0.1, 0.15) is 0 Å². The second kappa shape index (κ2) is 5.93. The second-order valence-corrected chi connectivity index (χ2v) is 5.87. The Morgan fingerprint density at radius 1 is 1.10 bits per heavy atom. The molecule has 0 amide bonds. The lowest BCUT2D eigenvalue weighted by molar-refractivity contribution is 1.13. The Balaban J connectivity index is 1.68. The average Bonchev–Trinajstić information content (AvgIpc) is 2.90. The lowest BCUT2D eigenvalue weighted by Crippen LogP contribution is -2.08. The van der Waals surface area contributed by atoms with E-state index in [0.717, 1.165) is 20.9 Å². The summed E-state index contributed by atoms with van der Waals surface area (Å²) in [6, 6.07) is 16.3. The van der Waals surface area contributed by atoms with Crippen molar-refractivity contribution in [1.29, 1.82) is 0 Å². The van der Waals surface area contributed by atoms with Crippen LogP contribution in [-0.2, 0) is 0 Å². The van der Waals surface area contributed by atoms with Gasteiger partial charge in [0.25, 0.3) is 0 Å². The van der Waals surface area contributed by atoms with Gasteiger partial charge in [-0.25, -0.2) is 4.98 Å². The van der Waals surface area contributed by atoms with Gasteiger partial charge in [-0.2, -0.15) is 5.10 Å². The maximum atomic E-state index is 4.47. The predicted octanol–water partition coefficient (Wildman–Crippen LogP) is 3.81. The van der Waals surface area contributed by atoms with E-state index in [4.69, 9.17) is 0 Å². The van der Waals surface area contributed by atoms with Gasteiger partial charge in [-0.1, -0.05) is 35.6 Å². The van der Waals surface area contributed by atoms with Crippen molar-refractivity contribution in [3.05, 3.63) is 54.1 Å². The third-order valence-corrected chi connectivity index (χ3v) is 4.02. The maximum absolute atomic E-state index is 4.47. The fraction of sp³-hybridized carbons (Fsp3) is 0.125. The van der Waals surface area contributed by atoms with Gasteiger partial charge in [0, 0.05) is 19.8 Å². The van der Waals surface area contributed by atoms with E-state index in [0.29, 0.717) is 0 Å². The molecule has 0 spiro atoms. The van der Waals surface area contributed by atoms with Crippen LogP contribution in [0.5, 0.6) is 0 Å². The first-order chi connectivity index (χ1) is 10.2. The number of aromatic nitrogens is 1. The van der Waals surface area contributed by atoms with E-state index in [1.54, 1.807) is 17.6 Å². The number of thiazole rings is 1. The van der Waals surface area contributed by atoms with Crippen LogP contribution in [-0.4, -0.2) is 25.3 Å². The van der Waals surface area contributed by atoms with Crippen LogP contribution >= 0.6 is 11.3 Å². The predicted molar refractivity (Wildman–Crippen MR) is 91.6 cm³/mol. The summed E-state index contributed by atoms with van der Waals surface area (Å²) in [5, 5.41) is 5.04. The maximum Gasteiger partial charge on any atom is 0.204 e. The molecule has 5 heteroatoms. The van der Waals surface area contributed by atoms with Crippen molar-refractivity contribution in [3.8, 4) is 0 Å². The van der Waals surface area contributed by atoms with E-state index >= 15 is 0 Å². The zero-order chi connectivity index (χ0) is 14.7. The molecule has 1 N–H and O–H groups in total. The Bertz CT molecular complexity index is 726. The number of anilines is 2. The van der Waals surface area contributed by atoms with E-state index < -0.39 is 0 Å². The standard InChI is InChI=1S/C16H16N4S/c1-20(2)13-9-7-12(8-10-13)11-17-19-16-18-14-5-3-4-6-15(14)21-16/h3-11H,1-2H3,(H,18,19). The van der Waals surface area contributed by atoms with Crippen molar-refractivity contribution < 1.29 is 0 Å². The normalized spacial score (nSPS) is 11.1. The summed E-state index contributed by atoms with van der Waals surface area (Å²) < 4.78 is 1.16. The number of hydrogen-bond donors (Lipinski definition) is 1. The molecule has 4 nitrogen and oxygen atoms in total. The number of nitrogens with zero attached hydrogens (tertiary/aromatic N) is 3. The summed E-state index contributed by atoms with van der Waals surface area (Å²) in [5.41, 5.74) is 6.20. The van der Waals surface area contributed by atoms with Crippen molar-refractivity contribution in [1.82, 2.24) is 4.98 Å². The van der Waals surface area contributed by atoms with Crippen LogP contribution in [0, 0.1) is 0 Å². The van der Waals surface area contributed by atoms with Gasteiger partial charge in [-0.15, -0.1) is 0 Å². The van der Waals surface area contributed by atoms with Crippen LogP contribution in [0.15, 0.2) is 53.6 Å². The molecule has 106 valence electrons. The Morgan fingerprint density at radius 3 is 2.57 bits per heavy atom. The van der Waals surface area contributed by atoms with E-state index in [-0.39, 0.29) is 0 Å². The van der Waals surface area contributed by atoms with Crippen LogP contribution in [0.25, 0.3) is 10.2 Å². The topological polar surface area (TPSA) is 40.5 Å². The van der Waals surface area contributed by atoms with E-state index in [9.17, 15) is 0 Å². The molecule has 0 atom stereocenters. The summed E-state index contributed by atoms with van der Waals surface area (Å²) in [6.07, 6.45) is 1.80. The highest BCUT2D eigenvalue weighted by Gasteiger charge is 2.00. The number of fused-ring (bicyclic) bond motifs is 1. The van der Waals surface area contributed by atoms with E-state index in [1.807, 2.05) is 44.4 Å². The Morgan fingerprint density at radius 2 is 1.86 bits per heavy atom. The molecule has 0 radical (unpaired) electrons. The molecule has 0 saturated carbocycles. The first kappa shape index (κ1) is 13.6. The largest absolute Gasteiger partial charge is 0.378 e. The van der Waals surface area contributed by atoms with Gasteiger partial charge in [0.15, 0.2) is 0 Å². The minimum atomic E-state index is 0.803. The average molecular weight is 296 g/mol. The van der Waals surface area contributed by atoms with Crippen LogP contribution in [0.4, 0.5) is 10.8 Å².